The molecule has 0 spiro atoms. The highest BCUT2D eigenvalue weighted by Crippen LogP contribution is 2.27. The Morgan fingerprint density at radius 1 is 1.32 bits per heavy atom. The van der Waals surface area contributed by atoms with Crippen molar-refractivity contribution in [1.82, 2.24) is 10.3 Å². The van der Waals surface area contributed by atoms with Crippen LogP contribution < -0.4 is 5.32 Å². The van der Waals surface area contributed by atoms with E-state index in [9.17, 15) is 0 Å². The summed E-state index contributed by atoms with van der Waals surface area (Å²) in [4.78, 5) is 5.64. The molecule has 1 N–H and O–H groups in total. The predicted octanol–water partition coefficient (Wildman–Crippen LogP) is 4.95. The fourth-order valence-corrected chi connectivity index (χ4v) is 3.82. The monoisotopic (exact) mass is 402 g/mol. The van der Waals surface area contributed by atoms with E-state index in [1.165, 1.54) is 14.2 Å². The molecular weight excluding hydrogens is 388 g/mol. The molecule has 0 aromatic carbocycles. The van der Waals surface area contributed by atoms with Crippen molar-refractivity contribution in [3.63, 3.8) is 0 Å². The van der Waals surface area contributed by atoms with Crippen molar-refractivity contribution in [3.05, 3.63) is 49.3 Å². The Balaban J connectivity index is 2.15. The van der Waals surface area contributed by atoms with E-state index in [1.807, 2.05) is 12.4 Å². The molecule has 0 aliphatic rings. The first kappa shape index (κ1) is 15.2. The van der Waals surface area contributed by atoms with E-state index in [2.05, 4.69) is 67.3 Å². The quantitative estimate of drug-likeness (QED) is 0.737. The lowest BCUT2D eigenvalue weighted by atomic mass is 10.0. The second-order valence-electron chi connectivity index (χ2n) is 4.35. The van der Waals surface area contributed by atoms with E-state index < -0.39 is 0 Å². The first-order chi connectivity index (χ1) is 9.19. The predicted molar refractivity (Wildman–Crippen MR) is 88.7 cm³/mol. The van der Waals surface area contributed by atoms with Crippen molar-refractivity contribution in [2.75, 3.05) is 6.54 Å². The van der Waals surface area contributed by atoms with Crippen LogP contribution >= 0.6 is 43.2 Å². The lowest BCUT2D eigenvalue weighted by Gasteiger charge is -2.18. The van der Waals surface area contributed by atoms with Gasteiger partial charge in [-0.15, -0.1) is 11.3 Å². The summed E-state index contributed by atoms with van der Waals surface area (Å²) < 4.78 is 2.21. The summed E-state index contributed by atoms with van der Waals surface area (Å²) >= 11 is 8.81. The Labute approximate surface area is 134 Å². The number of hydrogen-bond acceptors (Lipinski definition) is 3. The average Bonchev–Trinajstić information content (AvgIpc) is 2.80. The Hall–Kier alpha value is -0.230. The van der Waals surface area contributed by atoms with E-state index in [0.29, 0.717) is 6.04 Å². The van der Waals surface area contributed by atoms with Crippen molar-refractivity contribution >= 4 is 43.2 Å². The van der Waals surface area contributed by atoms with Crippen LogP contribution in [0.2, 0.25) is 0 Å². The maximum absolute atomic E-state index is 4.27. The summed E-state index contributed by atoms with van der Waals surface area (Å²) in [6, 6.07) is 6.75. The second-order valence-corrected chi connectivity index (χ2v) is 7.82. The maximum atomic E-state index is 4.27. The summed E-state index contributed by atoms with van der Waals surface area (Å²) in [6.45, 7) is 3.20. The second kappa shape index (κ2) is 7.53. The largest absolute Gasteiger partial charge is 0.310 e. The molecule has 0 amide bonds. The summed E-state index contributed by atoms with van der Waals surface area (Å²) in [5, 5.41) is 3.60. The van der Waals surface area contributed by atoms with Crippen LogP contribution in [0.5, 0.6) is 0 Å². The molecule has 0 aliphatic heterocycles. The van der Waals surface area contributed by atoms with Crippen LogP contribution in [-0.2, 0) is 6.42 Å². The minimum atomic E-state index is 0.315. The third kappa shape index (κ3) is 4.67. The number of nitrogens with one attached hydrogen (secondary N) is 1. The molecule has 5 heteroatoms. The van der Waals surface area contributed by atoms with E-state index in [0.717, 1.165) is 23.9 Å². The lowest BCUT2D eigenvalue weighted by Crippen LogP contribution is -2.24. The van der Waals surface area contributed by atoms with Crippen LogP contribution in [0.25, 0.3) is 0 Å². The normalized spacial score (nSPS) is 12.6. The van der Waals surface area contributed by atoms with E-state index in [1.54, 1.807) is 11.3 Å². The molecule has 1 atom stereocenters. The Bertz CT molecular complexity index is 528. The van der Waals surface area contributed by atoms with Gasteiger partial charge in [-0.25, -0.2) is 0 Å². The number of thiophene rings is 1. The molecule has 19 heavy (non-hydrogen) atoms. The van der Waals surface area contributed by atoms with Gasteiger partial charge in [-0.2, -0.15) is 0 Å². The van der Waals surface area contributed by atoms with Gasteiger partial charge in [0.05, 0.1) is 3.79 Å². The number of pyridine rings is 1. The molecular formula is C14H16Br2N2S. The Morgan fingerprint density at radius 3 is 2.79 bits per heavy atom. The van der Waals surface area contributed by atoms with Gasteiger partial charge >= 0.3 is 0 Å². The highest BCUT2D eigenvalue weighted by molar-refractivity contribution is 9.11. The summed E-state index contributed by atoms with van der Waals surface area (Å²) in [7, 11) is 0. The maximum Gasteiger partial charge on any atom is 0.0701 e. The van der Waals surface area contributed by atoms with E-state index >= 15 is 0 Å². The molecule has 0 bridgehead atoms. The van der Waals surface area contributed by atoms with Gasteiger partial charge in [-0.1, -0.05) is 6.92 Å². The zero-order valence-electron chi connectivity index (χ0n) is 10.7. The molecule has 102 valence electrons. The van der Waals surface area contributed by atoms with Gasteiger partial charge in [0.1, 0.15) is 0 Å². The Morgan fingerprint density at radius 2 is 2.16 bits per heavy atom. The van der Waals surface area contributed by atoms with Gasteiger partial charge in [0.2, 0.25) is 0 Å². The molecule has 0 aliphatic carbocycles. The van der Waals surface area contributed by atoms with Gasteiger partial charge in [-0.05, 0) is 68.6 Å². The lowest BCUT2D eigenvalue weighted by molar-refractivity contribution is 0.530. The van der Waals surface area contributed by atoms with E-state index in [-0.39, 0.29) is 0 Å². The molecule has 1 unspecified atom stereocenters. The molecule has 0 saturated carbocycles. The minimum absolute atomic E-state index is 0.315. The fraction of sp³-hybridized carbons (Fsp3) is 0.357. The van der Waals surface area contributed by atoms with Gasteiger partial charge in [-0.3, -0.25) is 4.98 Å². The van der Waals surface area contributed by atoms with Gasteiger partial charge in [0.25, 0.3) is 0 Å². The number of halogens is 2. The van der Waals surface area contributed by atoms with E-state index in [4.69, 9.17) is 0 Å². The molecule has 0 fully saturated rings. The molecule has 2 aromatic rings. The smallest absolute Gasteiger partial charge is 0.0701 e. The number of aromatic nitrogens is 1. The summed E-state index contributed by atoms with van der Waals surface area (Å²) in [5.74, 6) is 0. The fourth-order valence-electron chi connectivity index (χ4n) is 1.91. The zero-order valence-corrected chi connectivity index (χ0v) is 14.7. The van der Waals surface area contributed by atoms with Crippen molar-refractivity contribution < 1.29 is 0 Å². The van der Waals surface area contributed by atoms with Crippen LogP contribution in [0.3, 0.4) is 0 Å². The van der Waals surface area contributed by atoms with Crippen LogP contribution in [0, 0.1) is 0 Å². The number of rotatable bonds is 6. The molecule has 2 aromatic heterocycles. The van der Waals surface area contributed by atoms with Crippen LogP contribution in [-0.4, -0.2) is 11.5 Å². The molecule has 0 saturated heterocycles. The summed E-state index contributed by atoms with van der Waals surface area (Å²) in [5.41, 5.74) is 1.23. The SMILES string of the molecule is CCCNC(Cc1ccc(Br)s1)c1cncc(Br)c1. The third-order valence-electron chi connectivity index (χ3n) is 2.80. The first-order valence-electron chi connectivity index (χ1n) is 6.27. The van der Waals surface area contributed by atoms with Gasteiger partial charge in [0.15, 0.2) is 0 Å². The number of nitrogens with zero attached hydrogens (tertiary/aromatic N) is 1. The molecule has 2 rings (SSSR count). The minimum Gasteiger partial charge on any atom is -0.310 e. The zero-order chi connectivity index (χ0) is 13.7. The molecule has 2 heterocycles. The first-order valence-corrected chi connectivity index (χ1v) is 8.67. The highest BCUT2D eigenvalue weighted by Gasteiger charge is 2.13. The standard InChI is InChI=1S/C14H16Br2N2S/c1-2-5-18-13(7-12-3-4-14(16)19-12)10-6-11(15)9-17-8-10/h3-4,6,8-9,13,18H,2,5,7H2,1H3. The topological polar surface area (TPSA) is 24.9 Å². The third-order valence-corrected chi connectivity index (χ3v) is 4.88. The van der Waals surface area contributed by atoms with Gasteiger partial charge in [0, 0.05) is 34.2 Å². The van der Waals surface area contributed by atoms with Crippen molar-refractivity contribution in [2.24, 2.45) is 0 Å². The van der Waals surface area contributed by atoms with Crippen LogP contribution in [0.1, 0.15) is 29.8 Å². The Kier molecular flexibility index (Phi) is 6.01. The average molecular weight is 404 g/mol. The van der Waals surface area contributed by atoms with Gasteiger partial charge < -0.3 is 5.32 Å². The van der Waals surface area contributed by atoms with Crippen molar-refractivity contribution in [3.8, 4) is 0 Å². The number of hydrogen-bond donors (Lipinski definition) is 1. The van der Waals surface area contributed by atoms with Crippen LogP contribution in [0.4, 0.5) is 0 Å². The van der Waals surface area contributed by atoms with Crippen molar-refractivity contribution in [2.45, 2.75) is 25.8 Å². The molecule has 0 radical (unpaired) electrons. The summed E-state index contributed by atoms with van der Waals surface area (Å²) in [6.07, 6.45) is 5.89. The van der Waals surface area contributed by atoms with Crippen molar-refractivity contribution in [1.29, 1.82) is 0 Å². The van der Waals surface area contributed by atoms with Crippen LogP contribution in [0.15, 0.2) is 38.9 Å². The molecule has 2 nitrogen and oxygen atoms in total. The highest BCUT2D eigenvalue weighted by atomic mass is 79.9.